The fourth-order valence-corrected chi connectivity index (χ4v) is 2.42. The molecule has 5 heteroatoms. The monoisotopic (exact) mass is 270 g/mol. The molecule has 0 aromatic heterocycles. The van der Waals surface area contributed by atoms with Gasteiger partial charge in [0, 0.05) is 6.54 Å². The normalized spacial score (nSPS) is 26.2. The van der Waals surface area contributed by atoms with Gasteiger partial charge in [-0.1, -0.05) is 20.8 Å². The van der Waals surface area contributed by atoms with Crippen LogP contribution in [-0.2, 0) is 9.59 Å². The van der Waals surface area contributed by atoms with Gasteiger partial charge in [-0.05, 0) is 31.7 Å². The molecule has 1 heterocycles. The number of aliphatic hydroxyl groups is 1. The topological polar surface area (TPSA) is 69.6 Å². The molecule has 0 saturated carbocycles. The Bertz CT molecular complexity index is 331. The minimum absolute atomic E-state index is 0.0179. The number of aliphatic hydroxyl groups excluding tert-OH is 1. The van der Waals surface area contributed by atoms with Crippen LogP contribution in [0.4, 0.5) is 0 Å². The first kappa shape index (κ1) is 16.1. The van der Waals surface area contributed by atoms with Gasteiger partial charge in [-0.3, -0.25) is 14.5 Å². The predicted octanol–water partition coefficient (Wildman–Crippen LogP) is 0.419. The van der Waals surface area contributed by atoms with Crippen molar-refractivity contribution in [1.29, 1.82) is 0 Å². The maximum Gasteiger partial charge on any atom is 0.234 e. The van der Waals surface area contributed by atoms with E-state index >= 15 is 0 Å². The molecule has 1 rings (SSSR count). The maximum atomic E-state index is 11.9. The van der Waals surface area contributed by atoms with Crippen LogP contribution < -0.4 is 5.32 Å². The molecular formula is C14H26N2O3. The number of nitrogens with one attached hydrogen (secondary N) is 1. The molecule has 0 radical (unpaired) electrons. The Labute approximate surface area is 115 Å². The van der Waals surface area contributed by atoms with Crippen molar-refractivity contribution in [2.75, 3.05) is 19.6 Å². The van der Waals surface area contributed by atoms with Crippen molar-refractivity contribution in [3.63, 3.8) is 0 Å². The Balaban J connectivity index is 2.44. The molecule has 3 unspecified atom stereocenters. The zero-order valence-corrected chi connectivity index (χ0v) is 12.3. The molecule has 0 aromatic carbocycles. The average Bonchev–Trinajstić information content (AvgIpc) is 2.30. The van der Waals surface area contributed by atoms with E-state index in [2.05, 4.69) is 5.32 Å². The zero-order valence-electron chi connectivity index (χ0n) is 12.3. The fourth-order valence-electron chi connectivity index (χ4n) is 2.42. The van der Waals surface area contributed by atoms with Gasteiger partial charge in [0.25, 0.3) is 0 Å². The molecule has 0 spiro atoms. The predicted molar refractivity (Wildman–Crippen MR) is 73.7 cm³/mol. The first-order valence-electron chi connectivity index (χ1n) is 7.01. The quantitative estimate of drug-likeness (QED) is 0.759. The van der Waals surface area contributed by atoms with Crippen molar-refractivity contribution >= 4 is 11.7 Å². The largest absolute Gasteiger partial charge is 0.392 e. The van der Waals surface area contributed by atoms with Gasteiger partial charge in [-0.25, -0.2) is 0 Å². The van der Waals surface area contributed by atoms with Crippen molar-refractivity contribution in [3.05, 3.63) is 0 Å². The number of amides is 1. The van der Waals surface area contributed by atoms with E-state index in [1.165, 1.54) is 6.92 Å². The molecule has 2 N–H and O–H groups in total. The smallest absolute Gasteiger partial charge is 0.234 e. The van der Waals surface area contributed by atoms with Gasteiger partial charge >= 0.3 is 0 Å². The summed E-state index contributed by atoms with van der Waals surface area (Å²) in [6, 6.07) is -0.416. The third kappa shape index (κ3) is 4.91. The Morgan fingerprint density at radius 3 is 2.53 bits per heavy atom. The van der Waals surface area contributed by atoms with Crippen LogP contribution >= 0.6 is 0 Å². The maximum absolute atomic E-state index is 11.9. The van der Waals surface area contributed by atoms with Gasteiger partial charge < -0.3 is 10.4 Å². The van der Waals surface area contributed by atoms with E-state index in [4.69, 9.17) is 0 Å². The van der Waals surface area contributed by atoms with Crippen LogP contribution in [0.15, 0.2) is 0 Å². The van der Waals surface area contributed by atoms with E-state index < -0.39 is 6.04 Å². The molecule has 3 atom stereocenters. The van der Waals surface area contributed by atoms with Crippen LogP contribution in [0.1, 0.15) is 34.1 Å². The Kier molecular flexibility index (Phi) is 5.94. The lowest BCUT2D eigenvalue weighted by atomic mass is 9.96. The van der Waals surface area contributed by atoms with Crippen molar-refractivity contribution < 1.29 is 14.7 Å². The lowest BCUT2D eigenvalue weighted by Crippen LogP contribution is -2.50. The summed E-state index contributed by atoms with van der Waals surface area (Å²) in [5, 5.41) is 12.6. The van der Waals surface area contributed by atoms with Gasteiger partial charge in [0.2, 0.25) is 5.91 Å². The third-order valence-electron chi connectivity index (χ3n) is 3.79. The molecule has 0 bridgehead atoms. The summed E-state index contributed by atoms with van der Waals surface area (Å²) < 4.78 is 0. The SMILES string of the molecule is CC(=O)C(NC(=O)CN1CCC(C)C(O)C1)C(C)C. The number of β-amino-alcohol motifs (C(OH)–C–C–N with tert-alkyl or cyclic N) is 1. The molecule has 0 aromatic rings. The highest BCUT2D eigenvalue weighted by Crippen LogP contribution is 2.16. The minimum atomic E-state index is -0.416. The first-order valence-corrected chi connectivity index (χ1v) is 7.01. The van der Waals surface area contributed by atoms with Gasteiger partial charge in [-0.15, -0.1) is 0 Å². The van der Waals surface area contributed by atoms with Crippen LogP contribution in [0.5, 0.6) is 0 Å². The average molecular weight is 270 g/mol. The summed E-state index contributed by atoms with van der Waals surface area (Å²) >= 11 is 0. The Morgan fingerprint density at radius 1 is 1.42 bits per heavy atom. The second-order valence-corrected chi connectivity index (χ2v) is 5.97. The number of nitrogens with zero attached hydrogens (tertiary/aromatic N) is 1. The molecule has 1 fully saturated rings. The summed E-state index contributed by atoms with van der Waals surface area (Å²) in [6.45, 7) is 8.95. The number of hydrogen-bond acceptors (Lipinski definition) is 4. The number of rotatable bonds is 5. The molecule has 110 valence electrons. The summed E-state index contributed by atoms with van der Waals surface area (Å²) in [4.78, 5) is 25.3. The molecular weight excluding hydrogens is 244 g/mol. The van der Waals surface area contributed by atoms with Crippen LogP contribution in [0, 0.1) is 11.8 Å². The minimum Gasteiger partial charge on any atom is -0.392 e. The van der Waals surface area contributed by atoms with Gasteiger partial charge in [-0.2, -0.15) is 0 Å². The van der Waals surface area contributed by atoms with Crippen LogP contribution in [0.2, 0.25) is 0 Å². The van der Waals surface area contributed by atoms with Crippen molar-refractivity contribution in [3.8, 4) is 0 Å². The Hall–Kier alpha value is -0.940. The van der Waals surface area contributed by atoms with Crippen molar-refractivity contribution in [2.45, 2.75) is 46.3 Å². The second kappa shape index (κ2) is 7.01. The molecule has 1 aliphatic rings. The van der Waals surface area contributed by atoms with E-state index in [0.717, 1.165) is 13.0 Å². The van der Waals surface area contributed by atoms with E-state index in [9.17, 15) is 14.7 Å². The fraction of sp³-hybridized carbons (Fsp3) is 0.857. The molecule has 0 aliphatic carbocycles. The van der Waals surface area contributed by atoms with Gasteiger partial charge in [0.1, 0.15) is 0 Å². The molecule has 5 nitrogen and oxygen atoms in total. The highest BCUT2D eigenvalue weighted by Gasteiger charge is 2.27. The molecule has 1 amide bonds. The molecule has 1 aliphatic heterocycles. The number of carbonyl (C=O) groups excluding carboxylic acids is 2. The highest BCUT2D eigenvalue weighted by molar-refractivity contribution is 5.88. The summed E-state index contributed by atoms with van der Waals surface area (Å²) in [6.07, 6.45) is 0.532. The lowest BCUT2D eigenvalue weighted by Gasteiger charge is -2.34. The molecule has 19 heavy (non-hydrogen) atoms. The zero-order chi connectivity index (χ0) is 14.6. The number of likely N-dealkylation sites (tertiary alicyclic amines) is 1. The number of ketones is 1. The summed E-state index contributed by atoms with van der Waals surface area (Å²) in [5.41, 5.74) is 0. The third-order valence-corrected chi connectivity index (χ3v) is 3.79. The molecule has 1 saturated heterocycles. The number of Topliss-reactive ketones (excluding diaryl/α,β-unsaturated/α-hetero) is 1. The van der Waals surface area contributed by atoms with E-state index in [-0.39, 0.29) is 30.3 Å². The van der Waals surface area contributed by atoms with Crippen molar-refractivity contribution in [1.82, 2.24) is 10.2 Å². The number of piperidine rings is 1. The highest BCUT2D eigenvalue weighted by atomic mass is 16.3. The number of hydrogen-bond donors (Lipinski definition) is 2. The summed E-state index contributed by atoms with van der Waals surface area (Å²) in [5.74, 6) is 0.222. The van der Waals surface area contributed by atoms with Crippen LogP contribution in [0.3, 0.4) is 0 Å². The number of carbonyl (C=O) groups is 2. The second-order valence-electron chi connectivity index (χ2n) is 5.97. The van der Waals surface area contributed by atoms with Crippen molar-refractivity contribution in [2.24, 2.45) is 11.8 Å². The lowest BCUT2D eigenvalue weighted by molar-refractivity contribution is -0.129. The van der Waals surface area contributed by atoms with E-state index in [0.29, 0.717) is 12.5 Å². The van der Waals surface area contributed by atoms with Gasteiger partial charge in [0.05, 0.1) is 18.7 Å². The standard InChI is InChI=1S/C14H26N2O3/c1-9(2)14(11(4)17)15-13(19)8-16-6-5-10(3)12(18)7-16/h9-10,12,14,18H,5-8H2,1-4H3,(H,15,19). The summed E-state index contributed by atoms with van der Waals surface area (Å²) in [7, 11) is 0. The van der Waals surface area contributed by atoms with Crippen LogP contribution in [0.25, 0.3) is 0 Å². The van der Waals surface area contributed by atoms with E-state index in [1.54, 1.807) is 0 Å². The first-order chi connectivity index (χ1) is 8.81. The van der Waals surface area contributed by atoms with E-state index in [1.807, 2.05) is 25.7 Å². The van der Waals surface area contributed by atoms with Gasteiger partial charge in [0.15, 0.2) is 5.78 Å². The Morgan fingerprint density at radius 2 is 2.05 bits per heavy atom. The van der Waals surface area contributed by atoms with Crippen LogP contribution in [-0.4, -0.2) is 53.5 Å².